The van der Waals surface area contributed by atoms with Gasteiger partial charge in [-0.05, 0) is 45.3 Å². The number of hydrogen-bond acceptors (Lipinski definition) is 1. The number of rotatable bonds is 1. The number of nitrogens with one attached hydrogen (secondary N) is 1. The molecule has 0 saturated carbocycles. The van der Waals surface area contributed by atoms with E-state index in [1.165, 1.54) is 48.8 Å². The first-order valence-corrected chi connectivity index (χ1v) is 11.6. The number of hydrogen-bond donors (Lipinski definition) is 1. The van der Waals surface area contributed by atoms with E-state index in [4.69, 9.17) is 4.42 Å². The van der Waals surface area contributed by atoms with Gasteiger partial charge in [0.05, 0.1) is 11.8 Å². The summed E-state index contributed by atoms with van der Waals surface area (Å²) >= 11 is 0. The molecule has 0 bridgehead atoms. The minimum absolute atomic E-state index is 0.944. The van der Waals surface area contributed by atoms with E-state index in [0.717, 1.165) is 27.4 Å². The number of aromatic amines is 1. The summed E-state index contributed by atoms with van der Waals surface area (Å²) in [6.45, 7) is 0. The van der Waals surface area contributed by atoms with Gasteiger partial charge in [-0.1, -0.05) is 84.9 Å². The van der Waals surface area contributed by atoms with Crippen LogP contribution in [0.3, 0.4) is 0 Å². The highest BCUT2D eigenvalue weighted by atomic mass is 16.3. The van der Waals surface area contributed by atoms with Crippen LogP contribution in [0, 0.1) is 0 Å². The molecule has 0 radical (unpaired) electrons. The SMILES string of the molecule is c1ccc2c(c1)ccc1c2ccc2c(-c3cccc4ccc5c6ccccc6[nH]c5c34)coc21. The van der Waals surface area contributed by atoms with Crippen molar-refractivity contribution in [3.05, 3.63) is 109 Å². The van der Waals surface area contributed by atoms with Crippen molar-refractivity contribution < 1.29 is 4.42 Å². The van der Waals surface area contributed by atoms with Crippen molar-refractivity contribution in [3.8, 4) is 11.1 Å². The van der Waals surface area contributed by atoms with E-state index in [1.54, 1.807) is 0 Å². The smallest absolute Gasteiger partial charge is 0.142 e. The minimum Gasteiger partial charge on any atom is -0.463 e. The predicted molar refractivity (Wildman–Crippen MR) is 144 cm³/mol. The molecule has 2 heteroatoms. The zero-order valence-electron chi connectivity index (χ0n) is 18.3. The first-order chi connectivity index (χ1) is 16.9. The first-order valence-electron chi connectivity index (χ1n) is 11.6. The molecule has 0 amide bonds. The maximum Gasteiger partial charge on any atom is 0.142 e. The number of fused-ring (bicyclic) bond motifs is 10. The standard InChI is InChI=1S/C32H19NO/c1-2-8-21-19(6-1)12-15-26-22(21)16-17-27-28(18-34-32(26)27)24-10-5-7-20-13-14-25-23-9-3-4-11-29(23)33-31(25)30(20)24/h1-18,33H. The van der Waals surface area contributed by atoms with E-state index in [1.807, 2.05) is 6.26 Å². The van der Waals surface area contributed by atoms with Crippen LogP contribution in [0.2, 0.25) is 0 Å². The molecule has 34 heavy (non-hydrogen) atoms. The molecule has 6 aromatic carbocycles. The van der Waals surface area contributed by atoms with Gasteiger partial charge in [-0.25, -0.2) is 0 Å². The summed E-state index contributed by atoms with van der Waals surface area (Å²) in [6, 6.07) is 36.9. The number of furan rings is 1. The van der Waals surface area contributed by atoms with Crippen LogP contribution in [0.15, 0.2) is 114 Å². The van der Waals surface area contributed by atoms with Gasteiger partial charge in [-0.3, -0.25) is 0 Å². The van der Waals surface area contributed by atoms with Crippen LogP contribution in [-0.2, 0) is 0 Å². The third kappa shape index (κ3) is 2.29. The molecule has 0 spiro atoms. The van der Waals surface area contributed by atoms with Crippen LogP contribution in [0.5, 0.6) is 0 Å². The zero-order valence-corrected chi connectivity index (χ0v) is 18.3. The Balaban J connectivity index is 1.48. The Bertz CT molecular complexity index is 2070. The normalized spacial score (nSPS) is 12.1. The molecule has 0 fully saturated rings. The van der Waals surface area contributed by atoms with Crippen LogP contribution in [-0.4, -0.2) is 4.98 Å². The molecular weight excluding hydrogens is 414 g/mol. The molecular formula is C32H19NO. The van der Waals surface area contributed by atoms with Gasteiger partial charge in [-0.2, -0.15) is 0 Å². The summed E-state index contributed by atoms with van der Waals surface area (Å²) in [6.07, 6.45) is 1.93. The summed E-state index contributed by atoms with van der Waals surface area (Å²) in [4.78, 5) is 3.69. The molecule has 158 valence electrons. The quantitative estimate of drug-likeness (QED) is 0.257. The van der Waals surface area contributed by atoms with Crippen molar-refractivity contribution in [2.45, 2.75) is 0 Å². The van der Waals surface area contributed by atoms with E-state index in [0.29, 0.717) is 0 Å². The van der Waals surface area contributed by atoms with Gasteiger partial charge in [-0.15, -0.1) is 0 Å². The van der Waals surface area contributed by atoms with Crippen molar-refractivity contribution >= 4 is 65.1 Å². The predicted octanol–water partition coefficient (Wildman–Crippen LogP) is 9.19. The topological polar surface area (TPSA) is 28.9 Å². The van der Waals surface area contributed by atoms with Gasteiger partial charge in [0.15, 0.2) is 0 Å². The molecule has 2 aromatic heterocycles. The van der Waals surface area contributed by atoms with Crippen molar-refractivity contribution in [2.75, 3.05) is 0 Å². The van der Waals surface area contributed by atoms with Crippen molar-refractivity contribution in [1.82, 2.24) is 4.98 Å². The average Bonchev–Trinajstić information content (AvgIpc) is 3.50. The highest BCUT2D eigenvalue weighted by Crippen LogP contribution is 2.42. The monoisotopic (exact) mass is 433 g/mol. The van der Waals surface area contributed by atoms with Gasteiger partial charge in [0.1, 0.15) is 5.58 Å². The maximum absolute atomic E-state index is 6.28. The molecule has 0 aliphatic rings. The number of H-pyrrole nitrogens is 1. The summed E-state index contributed by atoms with van der Waals surface area (Å²) < 4.78 is 6.28. The molecule has 0 aliphatic carbocycles. The average molecular weight is 434 g/mol. The highest BCUT2D eigenvalue weighted by molar-refractivity contribution is 6.23. The third-order valence-corrected chi connectivity index (χ3v) is 7.27. The second-order valence-corrected chi connectivity index (χ2v) is 9.04. The van der Waals surface area contributed by atoms with E-state index in [-0.39, 0.29) is 0 Å². The van der Waals surface area contributed by atoms with E-state index in [2.05, 4.69) is 108 Å². The summed E-state index contributed by atoms with van der Waals surface area (Å²) in [5.41, 5.74) is 5.60. The Kier molecular flexibility index (Phi) is 3.42. The fraction of sp³-hybridized carbons (Fsp3) is 0. The van der Waals surface area contributed by atoms with Gasteiger partial charge in [0.2, 0.25) is 0 Å². The van der Waals surface area contributed by atoms with Crippen molar-refractivity contribution in [1.29, 1.82) is 0 Å². The Morgan fingerprint density at radius 2 is 1.21 bits per heavy atom. The molecule has 0 aliphatic heterocycles. The second-order valence-electron chi connectivity index (χ2n) is 9.04. The molecule has 2 heterocycles. The number of aromatic nitrogens is 1. The third-order valence-electron chi connectivity index (χ3n) is 7.27. The van der Waals surface area contributed by atoms with E-state index in [9.17, 15) is 0 Å². The largest absolute Gasteiger partial charge is 0.463 e. The van der Waals surface area contributed by atoms with Crippen LogP contribution in [0.4, 0.5) is 0 Å². The van der Waals surface area contributed by atoms with Crippen LogP contribution in [0.25, 0.3) is 76.2 Å². The van der Waals surface area contributed by atoms with Gasteiger partial charge < -0.3 is 9.40 Å². The van der Waals surface area contributed by atoms with E-state index < -0.39 is 0 Å². The lowest BCUT2D eigenvalue weighted by Crippen LogP contribution is -1.83. The number of benzene rings is 6. The fourth-order valence-corrected chi connectivity index (χ4v) is 5.71. The van der Waals surface area contributed by atoms with Gasteiger partial charge in [0.25, 0.3) is 0 Å². The van der Waals surface area contributed by atoms with Crippen molar-refractivity contribution in [2.24, 2.45) is 0 Å². The molecule has 2 nitrogen and oxygen atoms in total. The molecule has 8 aromatic rings. The molecule has 0 saturated heterocycles. The van der Waals surface area contributed by atoms with Gasteiger partial charge in [0, 0.05) is 38.0 Å². The summed E-state index contributed by atoms with van der Waals surface area (Å²) in [7, 11) is 0. The Labute approximate surface area is 195 Å². The van der Waals surface area contributed by atoms with E-state index >= 15 is 0 Å². The molecule has 1 N–H and O–H groups in total. The molecule has 8 rings (SSSR count). The second kappa shape index (κ2) is 6.49. The molecule has 0 atom stereocenters. The minimum atomic E-state index is 0.944. The Morgan fingerprint density at radius 1 is 0.471 bits per heavy atom. The maximum atomic E-state index is 6.28. The van der Waals surface area contributed by atoms with Crippen LogP contribution >= 0.6 is 0 Å². The first kappa shape index (κ1) is 17.9. The highest BCUT2D eigenvalue weighted by Gasteiger charge is 2.17. The summed E-state index contributed by atoms with van der Waals surface area (Å²) in [5.74, 6) is 0. The lowest BCUT2D eigenvalue weighted by atomic mass is 9.94. The Morgan fingerprint density at radius 3 is 2.18 bits per heavy atom. The summed E-state index contributed by atoms with van der Waals surface area (Å²) in [5, 5.41) is 11.0. The fourth-order valence-electron chi connectivity index (χ4n) is 5.71. The lowest BCUT2D eigenvalue weighted by molar-refractivity contribution is 0.620. The van der Waals surface area contributed by atoms with Crippen LogP contribution in [0.1, 0.15) is 0 Å². The molecule has 0 unspecified atom stereocenters. The van der Waals surface area contributed by atoms with Crippen LogP contribution < -0.4 is 0 Å². The Hall–Kier alpha value is -4.56. The van der Waals surface area contributed by atoms with Crippen molar-refractivity contribution in [3.63, 3.8) is 0 Å². The zero-order chi connectivity index (χ0) is 22.2. The number of para-hydroxylation sites is 1. The lowest BCUT2D eigenvalue weighted by Gasteiger charge is -2.08. The van der Waals surface area contributed by atoms with Gasteiger partial charge >= 0.3 is 0 Å².